The van der Waals surface area contributed by atoms with Gasteiger partial charge in [0.1, 0.15) is 11.5 Å². The van der Waals surface area contributed by atoms with Crippen molar-refractivity contribution in [3.63, 3.8) is 0 Å². The van der Waals surface area contributed by atoms with E-state index in [4.69, 9.17) is 10.2 Å². The SMILES string of the molecule is CCN(CC)c1nc(N)cc(-c2ccco2)n1. The van der Waals surface area contributed by atoms with E-state index >= 15 is 0 Å². The standard InChI is InChI=1S/C12H16N4O/c1-3-16(4-2)12-14-9(8-11(13)15-12)10-6-5-7-17-10/h5-8H,3-4H2,1-2H3,(H2,13,14,15). The Balaban J connectivity index is 2.42. The zero-order valence-corrected chi connectivity index (χ0v) is 10.1. The van der Waals surface area contributed by atoms with Crippen molar-refractivity contribution in [3.8, 4) is 11.5 Å². The van der Waals surface area contributed by atoms with Crippen LogP contribution in [0.1, 0.15) is 13.8 Å². The second-order valence-corrected chi connectivity index (χ2v) is 3.63. The molecule has 0 saturated heterocycles. The van der Waals surface area contributed by atoms with E-state index in [0.717, 1.165) is 13.1 Å². The molecule has 0 atom stereocenters. The van der Waals surface area contributed by atoms with E-state index in [1.54, 1.807) is 12.3 Å². The van der Waals surface area contributed by atoms with Crippen LogP contribution in [0.5, 0.6) is 0 Å². The summed E-state index contributed by atoms with van der Waals surface area (Å²) < 4.78 is 5.31. The number of rotatable bonds is 4. The van der Waals surface area contributed by atoms with E-state index < -0.39 is 0 Å². The highest BCUT2D eigenvalue weighted by molar-refractivity contribution is 5.58. The lowest BCUT2D eigenvalue weighted by molar-refractivity contribution is 0.579. The lowest BCUT2D eigenvalue weighted by Gasteiger charge is -2.18. The molecule has 0 aliphatic rings. The summed E-state index contributed by atoms with van der Waals surface area (Å²) in [4.78, 5) is 10.7. The van der Waals surface area contributed by atoms with E-state index in [9.17, 15) is 0 Å². The summed E-state index contributed by atoms with van der Waals surface area (Å²) in [5.41, 5.74) is 6.51. The summed E-state index contributed by atoms with van der Waals surface area (Å²) in [5, 5.41) is 0. The van der Waals surface area contributed by atoms with Gasteiger partial charge in [-0.2, -0.15) is 4.98 Å². The fourth-order valence-electron chi connectivity index (χ4n) is 1.65. The van der Waals surface area contributed by atoms with Crippen molar-refractivity contribution < 1.29 is 4.42 Å². The molecule has 0 spiro atoms. The average molecular weight is 232 g/mol. The second-order valence-electron chi connectivity index (χ2n) is 3.63. The average Bonchev–Trinajstić information content (AvgIpc) is 2.83. The van der Waals surface area contributed by atoms with Gasteiger partial charge in [0.2, 0.25) is 5.95 Å². The third kappa shape index (κ3) is 2.38. The van der Waals surface area contributed by atoms with Gasteiger partial charge in [0.25, 0.3) is 0 Å². The summed E-state index contributed by atoms with van der Waals surface area (Å²) in [6, 6.07) is 5.39. The fraction of sp³-hybridized carbons (Fsp3) is 0.333. The topological polar surface area (TPSA) is 68.2 Å². The van der Waals surface area contributed by atoms with Gasteiger partial charge in [-0.25, -0.2) is 4.98 Å². The van der Waals surface area contributed by atoms with Crippen molar-refractivity contribution in [3.05, 3.63) is 24.5 Å². The third-order valence-corrected chi connectivity index (χ3v) is 2.55. The number of nitrogens with two attached hydrogens (primary N) is 1. The number of nitrogen functional groups attached to an aromatic ring is 1. The Morgan fingerprint density at radius 3 is 2.65 bits per heavy atom. The molecule has 2 rings (SSSR count). The zero-order chi connectivity index (χ0) is 12.3. The van der Waals surface area contributed by atoms with Crippen LogP contribution < -0.4 is 10.6 Å². The number of hydrogen-bond acceptors (Lipinski definition) is 5. The highest BCUT2D eigenvalue weighted by Gasteiger charge is 2.10. The van der Waals surface area contributed by atoms with Crippen LogP contribution in [0.4, 0.5) is 11.8 Å². The van der Waals surface area contributed by atoms with Crippen molar-refractivity contribution in [1.82, 2.24) is 9.97 Å². The van der Waals surface area contributed by atoms with Crippen molar-refractivity contribution >= 4 is 11.8 Å². The van der Waals surface area contributed by atoms with Crippen molar-refractivity contribution in [2.45, 2.75) is 13.8 Å². The Morgan fingerprint density at radius 1 is 1.29 bits per heavy atom. The molecule has 17 heavy (non-hydrogen) atoms. The summed E-state index contributed by atoms with van der Waals surface area (Å²) in [6.45, 7) is 5.81. The van der Waals surface area contributed by atoms with Crippen molar-refractivity contribution in [1.29, 1.82) is 0 Å². The Labute approximate surface area is 100 Å². The van der Waals surface area contributed by atoms with Gasteiger partial charge in [0.05, 0.1) is 6.26 Å². The van der Waals surface area contributed by atoms with E-state index in [1.807, 2.05) is 17.0 Å². The van der Waals surface area contributed by atoms with Gasteiger partial charge in [-0.3, -0.25) is 0 Å². The number of hydrogen-bond donors (Lipinski definition) is 1. The Hall–Kier alpha value is -2.04. The molecule has 90 valence electrons. The largest absolute Gasteiger partial charge is 0.463 e. The van der Waals surface area contributed by atoms with E-state index in [2.05, 4.69) is 23.8 Å². The Bertz CT molecular complexity index is 477. The molecule has 5 heteroatoms. The molecule has 2 aromatic rings. The lowest BCUT2D eigenvalue weighted by Crippen LogP contribution is -2.24. The molecular weight excluding hydrogens is 216 g/mol. The van der Waals surface area contributed by atoms with Gasteiger partial charge in [-0.05, 0) is 26.0 Å². The first-order valence-electron chi connectivity index (χ1n) is 5.68. The number of nitrogens with zero attached hydrogens (tertiary/aromatic N) is 3. The van der Waals surface area contributed by atoms with Crippen LogP contribution in [-0.2, 0) is 0 Å². The zero-order valence-electron chi connectivity index (χ0n) is 10.1. The molecule has 0 aliphatic heterocycles. The molecule has 0 unspecified atom stereocenters. The molecule has 0 saturated carbocycles. The maximum Gasteiger partial charge on any atom is 0.227 e. The molecule has 2 heterocycles. The number of furan rings is 1. The van der Waals surface area contributed by atoms with Crippen LogP contribution in [0.25, 0.3) is 11.5 Å². The minimum atomic E-state index is 0.452. The Kier molecular flexibility index (Phi) is 3.27. The molecule has 0 aromatic carbocycles. The maximum absolute atomic E-state index is 5.79. The first kappa shape index (κ1) is 11.4. The summed E-state index contributed by atoms with van der Waals surface area (Å²) in [7, 11) is 0. The molecule has 2 aromatic heterocycles. The number of aromatic nitrogens is 2. The molecule has 2 N–H and O–H groups in total. The predicted molar refractivity (Wildman–Crippen MR) is 67.7 cm³/mol. The third-order valence-electron chi connectivity index (χ3n) is 2.55. The predicted octanol–water partition coefficient (Wildman–Crippen LogP) is 2.17. The molecule has 0 bridgehead atoms. The van der Waals surface area contributed by atoms with E-state index in [1.165, 1.54) is 0 Å². The van der Waals surface area contributed by atoms with Crippen LogP contribution in [-0.4, -0.2) is 23.1 Å². The highest BCUT2D eigenvalue weighted by Crippen LogP contribution is 2.21. The lowest BCUT2D eigenvalue weighted by atomic mass is 10.3. The summed E-state index contributed by atoms with van der Waals surface area (Å²) in [5.74, 6) is 1.79. The van der Waals surface area contributed by atoms with E-state index in [-0.39, 0.29) is 0 Å². The van der Waals surface area contributed by atoms with E-state index in [0.29, 0.717) is 23.2 Å². The van der Waals surface area contributed by atoms with Crippen LogP contribution in [0.15, 0.2) is 28.9 Å². The van der Waals surface area contributed by atoms with Gasteiger partial charge in [0.15, 0.2) is 5.76 Å². The summed E-state index contributed by atoms with van der Waals surface area (Å²) >= 11 is 0. The minimum Gasteiger partial charge on any atom is -0.463 e. The van der Waals surface area contributed by atoms with Gasteiger partial charge in [-0.1, -0.05) is 0 Å². The molecule has 0 radical (unpaired) electrons. The molecule has 0 amide bonds. The maximum atomic E-state index is 5.79. The number of anilines is 2. The van der Waals surface area contributed by atoms with Gasteiger partial charge >= 0.3 is 0 Å². The highest BCUT2D eigenvalue weighted by atomic mass is 16.3. The summed E-state index contributed by atoms with van der Waals surface area (Å²) in [6.07, 6.45) is 1.62. The monoisotopic (exact) mass is 232 g/mol. The van der Waals surface area contributed by atoms with Crippen molar-refractivity contribution in [2.24, 2.45) is 0 Å². The molecular formula is C12H16N4O. The molecule has 0 fully saturated rings. The fourth-order valence-corrected chi connectivity index (χ4v) is 1.65. The molecule has 5 nitrogen and oxygen atoms in total. The van der Waals surface area contributed by atoms with Crippen LogP contribution in [0.3, 0.4) is 0 Å². The van der Waals surface area contributed by atoms with Crippen LogP contribution in [0.2, 0.25) is 0 Å². The first-order valence-corrected chi connectivity index (χ1v) is 5.68. The molecule has 0 aliphatic carbocycles. The normalized spacial score (nSPS) is 10.5. The quantitative estimate of drug-likeness (QED) is 0.874. The van der Waals surface area contributed by atoms with Gasteiger partial charge < -0.3 is 15.1 Å². The Morgan fingerprint density at radius 2 is 2.06 bits per heavy atom. The van der Waals surface area contributed by atoms with Crippen LogP contribution in [0, 0.1) is 0 Å². The van der Waals surface area contributed by atoms with Crippen LogP contribution >= 0.6 is 0 Å². The second kappa shape index (κ2) is 4.86. The minimum absolute atomic E-state index is 0.452. The first-order chi connectivity index (χ1) is 8.24. The van der Waals surface area contributed by atoms with Crippen molar-refractivity contribution in [2.75, 3.05) is 23.7 Å². The van der Waals surface area contributed by atoms with Gasteiger partial charge in [-0.15, -0.1) is 0 Å². The van der Waals surface area contributed by atoms with Gasteiger partial charge in [0, 0.05) is 19.2 Å². The smallest absolute Gasteiger partial charge is 0.227 e.